The van der Waals surface area contributed by atoms with Gasteiger partial charge in [0.05, 0.1) is 6.54 Å². The Morgan fingerprint density at radius 3 is 2.58 bits per heavy atom. The third-order valence-electron chi connectivity index (χ3n) is 0.951. The van der Waals surface area contributed by atoms with Crippen molar-refractivity contribution in [3.63, 3.8) is 0 Å². The molecule has 0 aliphatic heterocycles. The molecule has 0 heterocycles. The molecule has 0 aliphatic carbocycles. The van der Waals surface area contributed by atoms with Crippen molar-refractivity contribution in [2.75, 3.05) is 13.1 Å². The highest BCUT2D eigenvalue weighted by Crippen LogP contribution is 1.65. The van der Waals surface area contributed by atoms with Crippen molar-refractivity contribution in [3.8, 4) is 11.8 Å². The molecule has 3 N–H and O–H groups in total. The fraction of sp³-hybridized carbons (Fsp3) is 0.429. The van der Waals surface area contributed by atoms with E-state index in [2.05, 4.69) is 17.2 Å². The number of hydrogen-bond acceptors (Lipinski definition) is 2. The summed E-state index contributed by atoms with van der Waals surface area (Å²) in [4.78, 5) is 20.6. The van der Waals surface area contributed by atoms with Crippen LogP contribution in [0.15, 0.2) is 0 Å². The number of nitrogens with one attached hydrogen (secondary N) is 2. The predicted molar refractivity (Wildman–Crippen MR) is 42.5 cm³/mol. The highest BCUT2D eigenvalue weighted by Gasteiger charge is 2.00. The molecule has 66 valence electrons. The first-order valence-electron chi connectivity index (χ1n) is 3.30. The Morgan fingerprint density at radius 2 is 2.08 bits per heavy atom. The number of carbonyl (C=O) groups is 2. The topological polar surface area (TPSA) is 78.4 Å². The zero-order valence-electron chi connectivity index (χ0n) is 6.68. The average Bonchev–Trinajstić information content (AvgIpc) is 2.01. The summed E-state index contributed by atoms with van der Waals surface area (Å²) in [5, 5.41) is 12.4. The summed E-state index contributed by atoms with van der Waals surface area (Å²) in [5.74, 6) is 4.81. The third kappa shape index (κ3) is 6.42. The Morgan fingerprint density at radius 1 is 1.42 bits per heavy atom. The quantitative estimate of drug-likeness (QED) is 0.494. The Hall–Kier alpha value is -1.70. The van der Waals surface area contributed by atoms with Gasteiger partial charge in [0.2, 0.25) is 5.91 Å². The second kappa shape index (κ2) is 6.04. The minimum Gasteiger partial charge on any atom is -0.465 e. The predicted octanol–water partition coefficient (Wildman–Crippen LogP) is -0.607. The van der Waals surface area contributed by atoms with Crippen LogP contribution in [-0.4, -0.2) is 30.2 Å². The molecular formula is C7H10N2O3. The van der Waals surface area contributed by atoms with Gasteiger partial charge in [0.25, 0.3) is 0 Å². The molecule has 5 nitrogen and oxygen atoms in total. The van der Waals surface area contributed by atoms with Gasteiger partial charge in [-0.1, -0.05) is 5.92 Å². The van der Waals surface area contributed by atoms with Crippen LogP contribution in [0.4, 0.5) is 4.79 Å². The van der Waals surface area contributed by atoms with Crippen molar-refractivity contribution >= 4 is 12.0 Å². The maximum atomic E-state index is 10.7. The number of carbonyl (C=O) groups excluding carboxylic acids is 1. The van der Waals surface area contributed by atoms with Crippen LogP contribution in [0, 0.1) is 11.8 Å². The van der Waals surface area contributed by atoms with E-state index in [1.165, 1.54) is 0 Å². The zero-order valence-corrected chi connectivity index (χ0v) is 6.68. The van der Waals surface area contributed by atoms with Crippen LogP contribution >= 0.6 is 0 Å². The maximum absolute atomic E-state index is 10.7. The van der Waals surface area contributed by atoms with E-state index in [9.17, 15) is 9.59 Å². The van der Waals surface area contributed by atoms with Gasteiger partial charge in [0.15, 0.2) is 0 Å². The minimum atomic E-state index is -1.22. The molecule has 2 amide bonds. The van der Waals surface area contributed by atoms with E-state index in [1.807, 2.05) is 5.32 Å². The van der Waals surface area contributed by atoms with Crippen molar-refractivity contribution < 1.29 is 14.7 Å². The Kier molecular flexibility index (Phi) is 5.18. The van der Waals surface area contributed by atoms with Gasteiger partial charge in [-0.2, -0.15) is 0 Å². The van der Waals surface area contributed by atoms with Crippen molar-refractivity contribution in [2.45, 2.75) is 6.92 Å². The van der Waals surface area contributed by atoms with Crippen LogP contribution in [0.25, 0.3) is 0 Å². The van der Waals surface area contributed by atoms with Gasteiger partial charge in [-0.25, -0.2) is 4.79 Å². The summed E-state index contributed by atoms with van der Waals surface area (Å²) in [5.41, 5.74) is 0. The van der Waals surface area contributed by atoms with Crippen molar-refractivity contribution in [1.82, 2.24) is 10.6 Å². The lowest BCUT2D eigenvalue weighted by Gasteiger charge is -1.99. The molecule has 0 bridgehead atoms. The third-order valence-corrected chi connectivity index (χ3v) is 0.951. The summed E-state index contributed by atoms with van der Waals surface area (Å²) in [6, 6.07) is 0. The molecule has 0 radical (unpaired) electrons. The molecule has 0 aromatic heterocycles. The minimum absolute atomic E-state index is 0.235. The molecule has 0 unspecified atom stereocenters. The van der Waals surface area contributed by atoms with Gasteiger partial charge >= 0.3 is 6.09 Å². The summed E-state index contributed by atoms with van der Waals surface area (Å²) >= 11 is 0. The maximum Gasteiger partial charge on any atom is 0.405 e. The molecule has 0 rings (SSSR count). The molecule has 0 fully saturated rings. The second-order valence-electron chi connectivity index (χ2n) is 1.86. The van der Waals surface area contributed by atoms with Crippen molar-refractivity contribution in [2.24, 2.45) is 0 Å². The molecule has 5 heteroatoms. The van der Waals surface area contributed by atoms with E-state index < -0.39 is 6.09 Å². The van der Waals surface area contributed by atoms with Crippen LogP contribution in [0.5, 0.6) is 0 Å². The molecule has 0 saturated heterocycles. The van der Waals surface area contributed by atoms with Crippen molar-refractivity contribution in [1.29, 1.82) is 0 Å². The summed E-state index contributed by atoms with van der Waals surface area (Å²) in [7, 11) is 0. The summed E-state index contributed by atoms with van der Waals surface area (Å²) in [6.07, 6.45) is -1.22. The second-order valence-corrected chi connectivity index (χ2v) is 1.86. The standard InChI is InChI=1S/C7H10N2O3/c1-2-3-4-8-6(10)5-9-7(11)12/h9H,4-5H2,1H3,(H,8,10)(H,11,12). The Labute approximate surface area is 70.1 Å². The van der Waals surface area contributed by atoms with E-state index in [-0.39, 0.29) is 19.0 Å². The molecule has 0 saturated carbocycles. The van der Waals surface area contributed by atoms with E-state index in [4.69, 9.17) is 5.11 Å². The van der Waals surface area contributed by atoms with Crippen molar-refractivity contribution in [3.05, 3.63) is 0 Å². The average molecular weight is 170 g/mol. The highest BCUT2D eigenvalue weighted by molar-refractivity contribution is 5.81. The molecule has 0 aromatic rings. The van der Waals surface area contributed by atoms with Gasteiger partial charge in [0, 0.05) is 0 Å². The number of hydrogen-bond donors (Lipinski definition) is 3. The molecule has 0 aromatic carbocycles. The first-order valence-corrected chi connectivity index (χ1v) is 3.30. The number of carboxylic acid groups (broad SMARTS) is 1. The monoisotopic (exact) mass is 170 g/mol. The van der Waals surface area contributed by atoms with Gasteiger partial charge in [-0.15, -0.1) is 5.92 Å². The Bertz CT molecular complexity index is 227. The number of rotatable bonds is 3. The molecule has 12 heavy (non-hydrogen) atoms. The first-order chi connectivity index (χ1) is 5.66. The lowest BCUT2D eigenvalue weighted by molar-refractivity contribution is -0.119. The van der Waals surface area contributed by atoms with E-state index >= 15 is 0 Å². The van der Waals surface area contributed by atoms with Crippen LogP contribution in [0.2, 0.25) is 0 Å². The van der Waals surface area contributed by atoms with Crippen LogP contribution in [0.3, 0.4) is 0 Å². The van der Waals surface area contributed by atoms with Gasteiger partial charge < -0.3 is 15.7 Å². The molecule has 0 atom stereocenters. The highest BCUT2D eigenvalue weighted by atomic mass is 16.4. The molecular weight excluding hydrogens is 160 g/mol. The zero-order chi connectivity index (χ0) is 9.40. The van der Waals surface area contributed by atoms with E-state index in [1.54, 1.807) is 6.92 Å². The molecule has 0 aliphatic rings. The SMILES string of the molecule is CC#CCNC(=O)CNC(=O)O. The van der Waals surface area contributed by atoms with Crippen LogP contribution < -0.4 is 10.6 Å². The first kappa shape index (κ1) is 10.3. The largest absolute Gasteiger partial charge is 0.465 e. The normalized spacial score (nSPS) is 7.75. The fourth-order valence-electron chi connectivity index (χ4n) is 0.450. The fourth-order valence-corrected chi connectivity index (χ4v) is 0.450. The summed E-state index contributed by atoms with van der Waals surface area (Å²) < 4.78 is 0. The van der Waals surface area contributed by atoms with Crippen LogP contribution in [0.1, 0.15) is 6.92 Å². The van der Waals surface area contributed by atoms with Gasteiger partial charge in [-0.3, -0.25) is 4.79 Å². The summed E-state index contributed by atoms with van der Waals surface area (Å²) in [6.45, 7) is 1.67. The molecule has 0 spiro atoms. The van der Waals surface area contributed by atoms with E-state index in [0.29, 0.717) is 0 Å². The van der Waals surface area contributed by atoms with E-state index in [0.717, 1.165) is 0 Å². The smallest absolute Gasteiger partial charge is 0.405 e. The lowest BCUT2D eigenvalue weighted by Crippen LogP contribution is -2.36. The number of amides is 2. The lowest BCUT2D eigenvalue weighted by atomic mass is 10.5. The van der Waals surface area contributed by atoms with Crippen LogP contribution in [-0.2, 0) is 4.79 Å². The van der Waals surface area contributed by atoms with Gasteiger partial charge in [0.1, 0.15) is 6.54 Å². The van der Waals surface area contributed by atoms with Gasteiger partial charge in [-0.05, 0) is 6.92 Å². The Balaban J connectivity index is 3.44.